The Balaban J connectivity index is 1.81. The van der Waals surface area contributed by atoms with Crippen LogP contribution in [0.5, 0.6) is 0 Å². The largest absolute Gasteiger partial charge is 0.465 e. The number of quaternary nitrogens is 1. The van der Waals surface area contributed by atoms with E-state index in [1.165, 1.54) is 6.08 Å². The second kappa shape index (κ2) is 9.93. The van der Waals surface area contributed by atoms with Crippen LogP contribution in [0.1, 0.15) is 30.0 Å². The molecule has 1 aliphatic heterocycles. The van der Waals surface area contributed by atoms with E-state index in [0.717, 1.165) is 38.4 Å². The van der Waals surface area contributed by atoms with E-state index in [1.54, 1.807) is 48.4 Å². The van der Waals surface area contributed by atoms with Gasteiger partial charge in [-0.05, 0) is 50.3 Å². The van der Waals surface area contributed by atoms with E-state index in [1.807, 2.05) is 6.07 Å². The van der Waals surface area contributed by atoms with Crippen molar-refractivity contribution in [2.75, 3.05) is 49.5 Å². The molecule has 1 saturated heterocycles. The fraction of sp³-hybridized carbons (Fsp3) is 0.364. The molecule has 0 unspecified atom stereocenters. The van der Waals surface area contributed by atoms with Crippen molar-refractivity contribution >= 4 is 29.3 Å². The average Bonchev–Trinajstić information content (AvgIpc) is 3.26. The lowest BCUT2D eigenvalue weighted by Crippen LogP contribution is -3.14. The molecule has 1 aliphatic rings. The van der Waals surface area contributed by atoms with E-state index in [9.17, 15) is 9.59 Å². The highest BCUT2D eigenvalue weighted by atomic mass is 16.5. The summed E-state index contributed by atoms with van der Waals surface area (Å²) >= 11 is 0. The number of likely N-dealkylation sites (N-methyl/N-ethyl adjacent to an activating group) is 1. The first-order valence-corrected chi connectivity index (χ1v) is 10.0. The molecule has 0 atom stereocenters. The molecule has 0 radical (unpaired) electrons. The summed E-state index contributed by atoms with van der Waals surface area (Å²) in [5, 5.41) is 2.91. The summed E-state index contributed by atoms with van der Waals surface area (Å²) in [6, 6.07) is 8.85. The molecule has 2 aromatic rings. The summed E-state index contributed by atoms with van der Waals surface area (Å²) in [5.74, 6) is -0.0956. The molecule has 7 nitrogen and oxygen atoms in total. The standard InChI is InChI=1S/C22H27N3O4/c1-3-24-11-13-25(14-12-24)20-9-7-17(22(27)28-4-2)16-19(20)23-21(26)10-8-18-6-5-15-29-18/h5-10,15-16H,3-4,11-14H2,1-2H3,(H,23,26)/p+1/b10-8+. The maximum Gasteiger partial charge on any atom is 0.338 e. The molecule has 1 aromatic heterocycles. The van der Waals surface area contributed by atoms with Gasteiger partial charge >= 0.3 is 5.97 Å². The molecular weight excluding hydrogens is 370 g/mol. The van der Waals surface area contributed by atoms with Crippen LogP contribution in [0.25, 0.3) is 6.08 Å². The van der Waals surface area contributed by atoms with Crippen LogP contribution in [0, 0.1) is 0 Å². The van der Waals surface area contributed by atoms with Gasteiger partial charge < -0.3 is 24.3 Å². The Morgan fingerprint density at radius 3 is 2.69 bits per heavy atom. The van der Waals surface area contributed by atoms with E-state index in [2.05, 4.69) is 17.1 Å². The number of anilines is 2. The van der Waals surface area contributed by atoms with Crippen LogP contribution in [0.4, 0.5) is 11.4 Å². The average molecular weight is 398 g/mol. The van der Waals surface area contributed by atoms with Crippen LogP contribution in [0.3, 0.4) is 0 Å². The molecule has 1 fully saturated rings. The van der Waals surface area contributed by atoms with Crippen LogP contribution >= 0.6 is 0 Å². The summed E-state index contributed by atoms with van der Waals surface area (Å²) in [5.41, 5.74) is 1.93. The van der Waals surface area contributed by atoms with Crippen molar-refractivity contribution < 1.29 is 23.6 Å². The molecule has 29 heavy (non-hydrogen) atoms. The van der Waals surface area contributed by atoms with Gasteiger partial charge in [-0.25, -0.2) is 4.79 Å². The molecule has 154 valence electrons. The number of nitrogens with one attached hydrogen (secondary N) is 2. The Bertz CT molecular complexity index is 853. The first-order chi connectivity index (χ1) is 14.1. The van der Waals surface area contributed by atoms with E-state index in [4.69, 9.17) is 9.15 Å². The molecule has 7 heteroatoms. The van der Waals surface area contributed by atoms with E-state index in [0.29, 0.717) is 23.6 Å². The number of amides is 1. The van der Waals surface area contributed by atoms with Gasteiger partial charge in [-0.3, -0.25) is 4.79 Å². The van der Waals surface area contributed by atoms with Crippen molar-refractivity contribution in [3.63, 3.8) is 0 Å². The van der Waals surface area contributed by atoms with Crippen molar-refractivity contribution in [3.05, 3.63) is 54.0 Å². The molecule has 1 amide bonds. The predicted octanol–water partition coefficient (Wildman–Crippen LogP) is 1.83. The molecule has 3 rings (SSSR count). The van der Waals surface area contributed by atoms with Gasteiger partial charge in [0, 0.05) is 6.08 Å². The summed E-state index contributed by atoms with van der Waals surface area (Å²) in [6.45, 7) is 9.25. The third kappa shape index (κ3) is 5.48. The first kappa shape index (κ1) is 20.7. The van der Waals surface area contributed by atoms with Gasteiger partial charge in [-0.2, -0.15) is 0 Å². The maximum atomic E-state index is 12.5. The van der Waals surface area contributed by atoms with E-state index in [-0.39, 0.29) is 5.91 Å². The molecule has 1 aromatic carbocycles. The van der Waals surface area contributed by atoms with E-state index < -0.39 is 5.97 Å². The Kier molecular flexibility index (Phi) is 7.08. The topological polar surface area (TPSA) is 76.2 Å². The zero-order chi connectivity index (χ0) is 20.6. The fourth-order valence-corrected chi connectivity index (χ4v) is 3.39. The van der Waals surface area contributed by atoms with Crippen molar-refractivity contribution in [1.29, 1.82) is 0 Å². The number of benzene rings is 1. The SMILES string of the molecule is CCOC(=O)c1ccc(N2CC[NH+](CC)CC2)c(NC(=O)/C=C/c2ccco2)c1. The summed E-state index contributed by atoms with van der Waals surface area (Å²) in [6.07, 6.45) is 4.57. The van der Waals surface area contributed by atoms with Crippen LogP contribution in [0.15, 0.2) is 47.1 Å². The number of hydrogen-bond acceptors (Lipinski definition) is 5. The zero-order valence-electron chi connectivity index (χ0n) is 16.9. The van der Waals surface area contributed by atoms with Crippen molar-refractivity contribution in [3.8, 4) is 0 Å². The quantitative estimate of drug-likeness (QED) is 0.550. The lowest BCUT2D eigenvalue weighted by Gasteiger charge is -2.34. The minimum atomic E-state index is -0.402. The summed E-state index contributed by atoms with van der Waals surface area (Å²) in [7, 11) is 0. The van der Waals surface area contributed by atoms with E-state index >= 15 is 0 Å². The Morgan fingerprint density at radius 2 is 2.03 bits per heavy atom. The van der Waals surface area contributed by atoms with Crippen molar-refractivity contribution in [2.45, 2.75) is 13.8 Å². The Labute approximate surface area is 170 Å². The second-order valence-corrected chi connectivity index (χ2v) is 6.88. The number of furan rings is 1. The molecule has 2 heterocycles. The van der Waals surface area contributed by atoms with Gasteiger partial charge in [0.05, 0.1) is 62.5 Å². The predicted molar refractivity (Wildman–Crippen MR) is 112 cm³/mol. The maximum absolute atomic E-state index is 12.5. The minimum Gasteiger partial charge on any atom is -0.465 e. The number of nitrogens with zero attached hydrogens (tertiary/aromatic N) is 1. The Morgan fingerprint density at radius 1 is 1.24 bits per heavy atom. The molecule has 0 aliphatic carbocycles. The van der Waals surface area contributed by atoms with Crippen LogP contribution in [-0.2, 0) is 9.53 Å². The van der Waals surface area contributed by atoms with Gasteiger partial charge in [-0.15, -0.1) is 0 Å². The molecule has 2 N–H and O–H groups in total. The van der Waals surface area contributed by atoms with Gasteiger partial charge in [0.2, 0.25) is 5.91 Å². The minimum absolute atomic E-state index is 0.290. The highest BCUT2D eigenvalue weighted by molar-refractivity contribution is 6.04. The third-order valence-corrected chi connectivity index (χ3v) is 5.02. The van der Waals surface area contributed by atoms with Crippen LogP contribution in [-0.4, -0.2) is 51.2 Å². The monoisotopic (exact) mass is 398 g/mol. The number of esters is 1. The van der Waals surface area contributed by atoms with Gasteiger partial charge in [0.1, 0.15) is 5.76 Å². The summed E-state index contributed by atoms with van der Waals surface area (Å²) in [4.78, 5) is 28.4. The smallest absolute Gasteiger partial charge is 0.338 e. The lowest BCUT2D eigenvalue weighted by atomic mass is 10.1. The van der Waals surface area contributed by atoms with Gasteiger partial charge in [0.15, 0.2) is 0 Å². The number of ether oxygens (including phenoxy) is 1. The molecular formula is C22H28N3O4+. The summed E-state index contributed by atoms with van der Waals surface area (Å²) < 4.78 is 10.3. The number of carbonyl (C=O) groups is 2. The Hall–Kier alpha value is -3.06. The number of rotatable bonds is 7. The number of piperazine rings is 1. The van der Waals surface area contributed by atoms with Crippen molar-refractivity contribution in [1.82, 2.24) is 0 Å². The van der Waals surface area contributed by atoms with Crippen LogP contribution in [0.2, 0.25) is 0 Å². The normalized spacial score (nSPS) is 14.9. The van der Waals surface area contributed by atoms with Crippen molar-refractivity contribution in [2.24, 2.45) is 0 Å². The lowest BCUT2D eigenvalue weighted by molar-refractivity contribution is -0.898. The molecule has 0 saturated carbocycles. The van der Waals surface area contributed by atoms with Crippen LogP contribution < -0.4 is 15.1 Å². The fourth-order valence-electron chi connectivity index (χ4n) is 3.39. The first-order valence-electron chi connectivity index (χ1n) is 10.0. The van der Waals surface area contributed by atoms with Gasteiger partial charge in [-0.1, -0.05) is 0 Å². The molecule has 0 spiro atoms. The zero-order valence-corrected chi connectivity index (χ0v) is 16.9. The highest BCUT2D eigenvalue weighted by Crippen LogP contribution is 2.28. The number of carbonyl (C=O) groups excluding carboxylic acids is 2. The van der Waals surface area contributed by atoms with Gasteiger partial charge in [0.25, 0.3) is 0 Å². The molecule has 0 bridgehead atoms. The highest BCUT2D eigenvalue weighted by Gasteiger charge is 2.22. The number of hydrogen-bond donors (Lipinski definition) is 2. The second-order valence-electron chi connectivity index (χ2n) is 6.88. The third-order valence-electron chi connectivity index (χ3n) is 5.02.